The molecule has 0 aliphatic heterocycles. The minimum absolute atomic E-state index is 0.191. The van der Waals surface area contributed by atoms with Gasteiger partial charge < -0.3 is 14.9 Å². The molecule has 0 bridgehead atoms. The van der Waals surface area contributed by atoms with E-state index in [4.69, 9.17) is 10.2 Å². The highest BCUT2D eigenvalue weighted by molar-refractivity contribution is 7.82. The molecule has 11 heavy (non-hydrogen) atoms. The van der Waals surface area contributed by atoms with Crippen molar-refractivity contribution in [2.75, 3.05) is 0 Å². The largest absolute Gasteiger partial charge is 0.478 e. The van der Waals surface area contributed by atoms with E-state index in [2.05, 4.69) is 17.4 Å². The van der Waals surface area contributed by atoms with E-state index in [1.807, 2.05) is 0 Å². The molecule has 0 aromatic rings. The van der Waals surface area contributed by atoms with Crippen LogP contribution in [0.4, 0.5) is 0 Å². The van der Waals surface area contributed by atoms with Crippen LogP contribution in [0.3, 0.4) is 0 Å². The molecule has 0 radical (unpaired) electrons. The van der Waals surface area contributed by atoms with Crippen LogP contribution >= 0.6 is 12.6 Å². The first-order valence-corrected chi connectivity index (χ1v) is 3.68. The van der Waals surface area contributed by atoms with Crippen molar-refractivity contribution in [3.05, 3.63) is 0 Å². The van der Waals surface area contributed by atoms with Gasteiger partial charge in [-0.3, -0.25) is 0 Å². The van der Waals surface area contributed by atoms with Crippen LogP contribution in [-0.4, -0.2) is 27.4 Å². The normalized spacial score (nSPS) is 18.9. The van der Waals surface area contributed by atoms with Crippen LogP contribution in [0.2, 0.25) is 0 Å². The highest BCUT2D eigenvalue weighted by Gasteiger charge is 2.34. The van der Waals surface area contributed by atoms with E-state index in [-0.39, 0.29) is 6.42 Å². The number of carboxylic acid groups (broad SMARTS) is 1. The topological polar surface area (TPSA) is 66.8 Å². The quantitative estimate of drug-likeness (QED) is 0.434. The second kappa shape index (κ2) is 3.94. The molecular formula is C6H12O4S. The van der Waals surface area contributed by atoms with Crippen LogP contribution in [0, 0.1) is 0 Å². The van der Waals surface area contributed by atoms with Gasteiger partial charge in [0.15, 0.2) is 6.29 Å². The Labute approximate surface area is 70.6 Å². The monoisotopic (exact) mass is 180 g/mol. The predicted molar refractivity (Wildman–Crippen MR) is 42.4 cm³/mol. The Morgan fingerprint density at radius 1 is 1.82 bits per heavy atom. The second-order valence-corrected chi connectivity index (χ2v) is 2.88. The lowest BCUT2D eigenvalue weighted by Gasteiger charge is -2.23. The van der Waals surface area contributed by atoms with Gasteiger partial charge in [0.25, 0.3) is 0 Å². The summed E-state index contributed by atoms with van der Waals surface area (Å²) in [7, 11) is 0. The molecule has 0 rings (SSSR count). The lowest BCUT2D eigenvalue weighted by Crippen LogP contribution is -2.37. The molecule has 0 saturated heterocycles. The summed E-state index contributed by atoms with van der Waals surface area (Å²) >= 11 is 3.77. The summed E-state index contributed by atoms with van der Waals surface area (Å²) in [5.74, 6) is -1.19. The lowest BCUT2D eigenvalue weighted by molar-refractivity contribution is -0.178. The van der Waals surface area contributed by atoms with Gasteiger partial charge in [-0.1, -0.05) is 6.92 Å². The highest BCUT2D eigenvalue weighted by atomic mass is 32.1. The molecule has 5 heteroatoms. The molecule has 0 spiro atoms. The summed E-state index contributed by atoms with van der Waals surface area (Å²) in [6.45, 7) is 2.95. The summed E-state index contributed by atoms with van der Waals surface area (Å²) in [4.78, 5) is 8.90. The Morgan fingerprint density at radius 3 is 2.36 bits per heavy atom. The minimum atomic E-state index is -1.58. The standard InChI is InChI=1S/C6H12O4S/c1-3-6(11,5(8)9)10-4(2)7/h4,7,11H,3H2,1-2H3,(H,8,9). The Balaban J connectivity index is 4.22. The molecule has 0 amide bonds. The van der Waals surface area contributed by atoms with Crippen LogP contribution in [0.25, 0.3) is 0 Å². The van der Waals surface area contributed by atoms with E-state index < -0.39 is 17.2 Å². The third-order valence-corrected chi connectivity index (χ3v) is 1.79. The first-order valence-electron chi connectivity index (χ1n) is 3.24. The predicted octanol–water partition coefficient (Wildman–Crippen LogP) is 0.462. The number of thiol groups is 1. The van der Waals surface area contributed by atoms with Crippen molar-refractivity contribution in [2.45, 2.75) is 31.5 Å². The van der Waals surface area contributed by atoms with Gasteiger partial charge in [0.2, 0.25) is 4.93 Å². The summed E-state index contributed by atoms with van der Waals surface area (Å²) < 4.78 is 4.67. The second-order valence-electron chi connectivity index (χ2n) is 2.16. The fourth-order valence-corrected chi connectivity index (χ4v) is 0.720. The van der Waals surface area contributed by atoms with Crippen LogP contribution < -0.4 is 0 Å². The molecule has 4 nitrogen and oxygen atoms in total. The first-order chi connectivity index (χ1) is 4.92. The lowest BCUT2D eigenvalue weighted by atomic mass is 10.3. The zero-order valence-electron chi connectivity index (χ0n) is 6.44. The highest BCUT2D eigenvalue weighted by Crippen LogP contribution is 2.22. The minimum Gasteiger partial charge on any atom is -0.478 e. The summed E-state index contributed by atoms with van der Waals surface area (Å²) in [6, 6.07) is 0. The maximum atomic E-state index is 10.5. The molecule has 0 aromatic heterocycles. The van der Waals surface area contributed by atoms with Crippen molar-refractivity contribution >= 4 is 18.6 Å². The van der Waals surface area contributed by atoms with Gasteiger partial charge in [0.05, 0.1) is 0 Å². The Hall–Kier alpha value is -0.260. The molecule has 0 aromatic carbocycles. The molecule has 2 atom stereocenters. The maximum absolute atomic E-state index is 10.5. The van der Waals surface area contributed by atoms with Crippen LogP contribution in [0.1, 0.15) is 20.3 Å². The van der Waals surface area contributed by atoms with E-state index in [9.17, 15) is 4.79 Å². The van der Waals surface area contributed by atoms with E-state index >= 15 is 0 Å². The molecule has 0 aliphatic rings. The van der Waals surface area contributed by atoms with E-state index in [0.717, 1.165) is 0 Å². The number of carbonyl (C=O) groups is 1. The van der Waals surface area contributed by atoms with E-state index in [1.54, 1.807) is 6.92 Å². The Morgan fingerprint density at radius 2 is 2.27 bits per heavy atom. The Kier molecular flexibility index (Phi) is 3.85. The first kappa shape index (κ1) is 10.7. The number of aliphatic hydroxyl groups excluding tert-OH is 1. The average Bonchev–Trinajstić information content (AvgIpc) is 1.86. The van der Waals surface area contributed by atoms with Crippen molar-refractivity contribution in [1.82, 2.24) is 0 Å². The fourth-order valence-electron chi connectivity index (χ4n) is 0.567. The summed E-state index contributed by atoms with van der Waals surface area (Å²) in [5, 5.41) is 17.3. The Bertz CT molecular complexity index is 148. The molecule has 2 unspecified atom stereocenters. The van der Waals surface area contributed by atoms with E-state index in [1.165, 1.54) is 6.92 Å². The van der Waals surface area contributed by atoms with Crippen molar-refractivity contribution in [2.24, 2.45) is 0 Å². The van der Waals surface area contributed by atoms with Crippen molar-refractivity contribution < 1.29 is 19.7 Å². The van der Waals surface area contributed by atoms with Gasteiger partial charge in [-0.15, -0.1) is 12.6 Å². The van der Waals surface area contributed by atoms with Crippen molar-refractivity contribution in [1.29, 1.82) is 0 Å². The zero-order valence-corrected chi connectivity index (χ0v) is 7.34. The van der Waals surface area contributed by atoms with Crippen LogP contribution in [-0.2, 0) is 9.53 Å². The number of ether oxygens (including phenoxy) is 1. The number of aliphatic hydroxyl groups is 1. The van der Waals surface area contributed by atoms with Gasteiger partial charge in [-0.25, -0.2) is 4.79 Å². The number of hydrogen-bond acceptors (Lipinski definition) is 4. The molecule has 2 N–H and O–H groups in total. The third-order valence-electron chi connectivity index (χ3n) is 1.18. The van der Waals surface area contributed by atoms with Crippen molar-refractivity contribution in [3.63, 3.8) is 0 Å². The van der Waals surface area contributed by atoms with Gasteiger partial charge in [0.1, 0.15) is 0 Å². The fraction of sp³-hybridized carbons (Fsp3) is 0.833. The van der Waals surface area contributed by atoms with Gasteiger partial charge >= 0.3 is 5.97 Å². The van der Waals surface area contributed by atoms with Gasteiger partial charge in [0, 0.05) is 0 Å². The molecule has 0 aliphatic carbocycles. The van der Waals surface area contributed by atoms with E-state index in [0.29, 0.717) is 0 Å². The maximum Gasteiger partial charge on any atom is 0.346 e. The summed E-state index contributed by atoms with van der Waals surface area (Å²) in [5.41, 5.74) is 0. The van der Waals surface area contributed by atoms with Crippen molar-refractivity contribution in [3.8, 4) is 0 Å². The zero-order chi connectivity index (χ0) is 9.07. The third kappa shape index (κ3) is 3.09. The van der Waals surface area contributed by atoms with Gasteiger partial charge in [-0.2, -0.15) is 0 Å². The molecule has 0 saturated carbocycles. The summed E-state index contributed by atoms with van der Waals surface area (Å²) in [6.07, 6.45) is -0.931. The molecular weight excluding hydrogens is 168 g/mol. The van der Waals surface area contributed by atoms with Crippen LogP contribution in [0.15, 0.2) is 0 Å². The average molecular weight is 180 g/mol. The SMILES string of the molecule is CCC(S)(OC(C)O)C(=O)O. The smallest absolute Gasteiger partial charge is 0.346 e. The van der Waals surface area contributed by atoms with Crippen LogP contribution in [0.5, 0.6) is 0 Å². The molecule has 0 heterocycles. The number of hydrogen-bond donors (Lipinski definition) is 3. The number of carboxylic acids is 1. The number of aliphatic carboxylic acids is 1. The number of rotatable bonds is 4. The van der Waals surface area contributed by atoms with Gasteiger partial charge in [-0.05, 0) is 13.3 Å². The molecule has 66 valence electrons. The molecule has 0 fully saturated rings.